The summed E-state index contributed by atoms with van der Waals surface area (Å²) in [4.78, 5) is 24.1. The van der Waals surface area contributed by atoms with E-state index in [0.29, 0.717) is 5.56 Å². The Kier molecular flexibility index (Phi) is 2.64. The highest BCUT2D eigenvalue weighted by molar-refractivity contribution is 5.99. The van der Waals surface area contributed by atoms with E-state index in [1.54, 1.807) is 11.0 Å². The van der Waals surface area contributed by atoms with Gasteiger partial charge < -0.3 is 10.0 Å². The maximum atomic E-state index is 12.0. The molecule has 1 heterocycles. The summed E-state index contributed by atoms with van der Waals surface area (Å²) in [5.74, 6) is -0.944. The summed E-state index contributed by atoms with van der Waals surface area (Å²) in [5.41, 5.74) is 1.68. The van der Waals surface area contributed by atoms with Gasteiger partial charge in [-0.3, -0.25) is 9.59 Å². The van der Waals surface area contributed by atoms with Gasteiger partial charge in [0.05, 0.1) is 12.5 Å². The number of carbonyl (C=O) groups is 2. The van der Waals surface area contributed by atoms with Crippen molar-refractivity contribution in [3.63, 3.8) is 0 Å². The lowest BCUT2D eigenvalue weighted by molar-refractivity contribution is -0.137. The zero-order chi connectivity index (χ0) is 11.7. The Bertz CT molecular complexity index is 442. The maximum absolute atomic E-state index is 12.0. The van der Waals surface area contributed by atoms with Crippen LogP contribution in [0.3, 0.4) is 0 Å². The van der Waals surface area contributed by atoms with Gasteiger partial charge >= 0.3 is 5.97 Å². The molecule has 0 aromatic heterocycles. The molecule has 4 heteroatoms. The van der Waals surface area contributed by atoms with E-state index in [1.807, 2.05) is 25.1 Å². The molecule has 1 unspecified atom stereocenters. The summed E-state index contributed by atoms with van der Waals surface area (Å²) >= 11 is 0. The number of carbonyl (C=O) groups excluding carboxylic acids is 1. The fraction of sp³-hybridized carbons (Fsp3) is 0.333. The molecule has 0 saturated heterocycles. The van der Waals surface area contributed by atoms with Crippen molar-refractivity contribution in [1.29, 1.82) is 0 Å². The first-order valence-corrected chi connectivity index (χ1v) is 5.23. The molecule has 1 amide bonds. The number of carboxylic acids is 1. The lowest BCUT2D eigenvalue weighted by atomic mass is 10.1. The van der Waals surface area contributed by atoms with Crippen LogP contribution in [0.1, 0.15) is 35.3 Å². The zero-order valence-electron chi connectivity index (χ0n) is 9.01. The molecule has 4 nitrogen and oxygen atoms in total. The summed E-state index contributed by atoms with van der Waals surface area (Å²) in [6, 6.07) is 7.39. The molecular weight excluding hydrogens is 206 g/mol. The van der Waals surface area contributed by atoms with E-state index in [0.717, 1.165) is 5.56 Å². The molecule has 1 aromatic rings. The second kappa shape index (κ2) is 3.96. The normalized spacial score (nSPS) is 18.7. The highest BCUT2D eigenvalue weighted by Crippen LogP contribution is 2.32. The van der Waals surface area contributed by atoms with Crippen molar-refractivity contribution < 1.29 is 14.7 Å². The van der Waals surface area contributed by atoms with Gasteiger partial charge in [0.2, 0.25) is 0 Å². The van der Waals surface area contributed by atoms with Crippen molar-refractivity contribution in [3.8, 4) is 0 Å². The molecule has 16 heavy (non-hydrogen) atoms. The van der Waals surface area contributed by atoms with Gasteiger partial charge in [-0.2, -0.15) is 0 Å². The fourth-order valence-corrected chi connectivity index (χ4v) is 2.07. The number of aliphatic carboxylic acids is 1. The van der Waals surface area contributed by atoms with Crippen LogP contribution < -0.4 is 0 Å². The standard InChI is InChI=1S/C12H13NO3/c1-8-9-4-2-3-5-10(9)12(16)13(8)7-6-11(14)15/h2-5,8H,6-7H2,1H3,(H,14,15). The van der Waals surface area contributed by atoms with Crippen molar-refractivity contribution in [2.24, 2.45) is 0 Å². The Hall–Kier alpha value is -1.84. The minimum absolute atomic E-state index is 0.00985. The largest absolute Gasteiger partial charge is 0.481 e. The molecule has 0 spiro atoms. The predicted octanol–water partition coefficient (Wildman–Crippen LogP) is 1.68. The predicted molar refractivity (Wildman–Crippen MR) is 58.1 cm³/mol. The lowest BCUT2D eigenvalue weighted by Crippen LogP contribution is -2.29. The van der Waals surface area contributed by atoms with Gasteiger partial charge in [-0.1, -0.05) is 18.2 Å². The first-order chi connectivity index (χ1) is 7.61. The van der Waals surface area contributed by atoms with Crippen LogP contribution in [0.25, 0.3) is 0 Å². The van der Waals surface area contributed by atoms with Gasteiger partial charge in [0.25, 0.3) is 5.91 Å². The average Bonchev–Trinajstić information content (AvgIpc) is 2.50. The van der Waals surface area contributed by atoms with Gasteiger partial charge in [0, 0.05) is 12.1 Å². The van der Waals surface area contributed by atoms with Gasteiger partial charge in [-0.05, 0) is 18.6 Å². The van der Waals surface area contributed by atoms with Crippen molar-refractivity contribution >= 4 is 11.9 Å². The van der Waals surface area contributed by atoms with Crippen molar-refractivity contribution in [2.45, 2.75) is 19.4 Å². The summed E-state index contributed by atoms with van der Waals surface area (Å²) in [6.07, 6.45) is -0.00985. The third-order valence-electron chi connectivity index (χ3n) is 2.94. The third kappa shape index (κ3) is 1.66. The lowest BCUT2D eigenvalue weighted by Gasteiger charge is -2.20. The number of amides is 1. The van der Waals surface area contributed by atoms with E-state index in [-0.39, 0.29) is 24.9 Å². The van der Waals surface area contributed by atoms with Crippen LogP contribution in [0.15, 0.2) is 24.3 Å². The highest BCUT2D eigenvalue weighted by atomic mass is 16.4. The molecule has 84 valence electrons. The minimum Gasteiger partial charge on any atom is -0.481 e. The summed E-state index contributed by atoms with van der Waals surface area (Å²) in [7, 11) is 0. The quantitative estimate of drug-likeness (QED) is 0.841. The summed E-state index contributed by atoms with van der Waals surface area (Å²) in [5, 5.41) is 8.63. The molecule has 0 fully saturated rings. The van der Waals surface area contributed by atoms with E-state index in [2.05, 4.69) is 0 Å². The Morgan fingerprint density at radius 2 is 2.12 bits per heavy atom. The van der Waals surface area contributed by atoms with E-state index < -0.39 is 5.97 Å². The summed E-state index contributed by atoms with van der Waals surface area (Å²) < 4.78 is 0. The molecule has 1 aliphatic rings. The number of hydrogen-bond acceptors (Lipinski definition) is 2. The molecule has 1 atom stereocenters. The molecule has 1 aromatic carbocycles. The SMILES string of the molecule is CC1c2ccccc2C(=O)N1CCC(=O)O. The smallest absolute Gasteiger partial charge is 0.305 e. The first kappa shape index (κ1) is 10.7. The molecular formula is C12H13NO3. The van der Waals surface area contributed by atoms with Crippen LogP contribution in [-0.2, 0) is 4.79 Å². The molecule has 0 aliphatic carbocycles. The first-order valence-electron chi connectivity index (χ1n) is 5.23. The van der Waals surface area contributed by atoms with Gasteiger partial charge in [0.1, 0.15) is 0 Å². The summed E-state index contributed by atoms with van der Waals surface area (Å²) in [6.45, 7) is 2.19. The maximum Gasteiger partial charge on any atom is 0.305 e. The number of nitrogens with zero attached hydrogens (tertiary/aromatic N) is 1. The molecule has 1 aliphatic heterocycles. The molecule has 0 radical (unpaired) electrons. The fourth-order valence-electron chi connectivity index (χ4n) is 2.07. The minimum atomic E-state index is -0.879. The van der Waals surface area contributed by atoms with E-state index in [1.165, 1.54) is 0 Å². The van der Waals surface area contributed by atoms with Gasteiger partial charge in [-0.15, -0.1) is 0 Å². The monoisotopic (exact) mass is 219 g/mol. The Labute approximate surface area is 93.5 Å². The van der Waals surface area contributed by atoms with E-state index >= 15 is 0 Å². The number of rotatable bonds is 3. The average molecular weight is 219 g/mol. The van der Waals surface area contributed by atoms with Crippen LogP contribution in [0.5, 0.6) is 0 Å². The van der Waals surface area contributed by atoms with Crippen LogP contribution in [0, 0.1) is 0 Å². The molecule has 0 bridgehead atoms. The highest BCUT2D eigenvalue weighted by Gasteiger charge is 2.33. The van der Waals surface area contributed by atoms with Crippen molar-refractivity contribution in [2.75, 3.05) is 6.54 Å². The van der Waals surface area contributed by atoms with Gasteiger partial charge in [-0.25, -0.2) is 0 Å². The zero-order valence-corrected chi connectivity index (χ0v) is 9.01. The van der Waals surface area contributed by atoms with Gasteiger partial charge in [0.15, 0.2) is 0 Å². The molecule has 0 saturated carbocycles. The van der Waals surface area contributed by atoms with Crippen LogP contribution in [0.2, 0.25) is 0 Å². The number of hydrogen-bond donors (Lipinski definition) is 1. The Morgan fingerprint density at radius 3 is 2.75 bits per heavy atom. The number of fused-ring (bicyclic) bond motifs is 1. The van der Waals surface area contributed by atoms with Crippen LogP contribution >= 0.6 is 0 Å². The second-order valence-corrected chi connectivity index (χ2v) is 3.91. The van der Waals surface area contributed by atoms with E-state index in [4.69, 9.17) is 5.11 Å². The molecule has 2 rings (SSSR count). The third-order valence-corrected chi connectivity index (χ3v) is 2.94. The topological polar surface area (TPSA) is 57.6 Å². The molecule has 1 N–H and O–H groups in total. The second-order valence-electron chi connectivity index (χ2n) is 3.91. The Morgan fingerprint density at radius 1 is 1.44 bits per heavy atom. The Balaban J connectivity index is 2.21. The number of carboxylic acid groups (broad SMARTS) is 1. The van der Waals surface area contributed by atoms with Crippen molar-refractivity contribution in [1.82, 2.24) is 4.90 Å². The number of benzene rings is 1. The van der Waals surface area contributed by atoms with Crippen LogP contribution in [0.4, 0.5) is 0 Å². The van der Waals surface area contributed by atoms with Crippen molar-refractivity contribution in [3.05, 3.63) is 35.4 Å². The van der Waals surface area contributed by atoms with Crippen LogP contribution in [-0.4, -0.2) is 28.4 Å². The van der Waals surface area contributed by atoms with E-state index in [9.17, 15) is 9.59 Å².